The maximum absolute atomic E-state index is 13.4. The topological polar surface area (TPSA) is 78.7 Å². The lowest BCUT2D eigenvalue weighted by molar-refractivity contribution is 0.0952. The van der Waals surface area contributed by atoms with Crippen LogP contribution in [0.4, 0.5) is 0 Å². The van der Waals surface area contributed by atoms with Crippen molar-refractivity contribution >= 4 is 40.9 Å². The minimum Gasteiger partial charge on any atom is -0.497 e. The number of aromatic nitrogens is 3. The number of benzene rings is 2. The van der Waals surface area contributed by atoms with E-state index in [0.717, 1.165) is 0 Å². The van der Waals surface area contributed by atoms with Gasteiger partial charge in [-0.3, -0.25) is 4.79 Å². The Labute approximate surface area is 193 Å². The number of fused-ring (bicyclic) bond motifs is 1. The van der Waals surface area contributed by atoms with Crippen LogP contribution in [0.1, 0.15) is 16.2 Å². The molecule has 11 heteroatoms. The second kappa shape index (κ2) is 9.25. The van der Waals surface area contributed by atoms with E-state index >= 15 is 0 Å². The number of ether oxygens (including phenoxy) is 3. The summed E-state index contributed by atoms with van der Waals surface area (Å²) in [7, 11) is 3.07. The number of amides is 1. The second-order valence-corrected chi connectivity index (χ2v) is 8.36. The first kappa shape index (κ1) is 21.6. The lowest BCUT2D eigenvalue weighted by atomic mass is 10.2. The van der Waals surface area contributed by atoms with Gasteiger partial charge in [0, 0.05) is 22.4 Å². The molecule has 4 rings (SSSR count). The molecule has 0 N–H and O–H groups in total. The van der Waals surface area contributed by atoms with Crippen molar-refractivity contribution in [2.45, 2.75) is 11.8 Å². The molecule has 0 spiro atoms. The van der Waals surface area contributed by atoms with E-state index in [1.807, 2.05) is 0 Å². The average molecular weight is 481 g/mol. The van der Waals surface area contributed by atoms with Crippen LogP contribution >= 0.6 is 35.0 Å². The molecule has 3 aromatic rings. The van der Waals surface area contributed by atoms with Gasteiger partial charge in [-0.25, -0.2) is 9.69 Å². The molecule has 1 aliphatic heterocycles. The molecule has 1 aromatic heterocycles. The number of methoxy groups -OCH3 is 2. The van der Waals surface area contributed by atoms with Crippen molar-refractivity contribution < 1.29 is 19.0 Å². The molecule has 162 valence electrons. The van der Waals surface area contributed by atoms with Crippen LogP contribution in [-0.4, -0.2) is 47.3 Å². The molecule has 0 unspecified atom stereocenters. The highest BCUT2D eigenvalue weighted by Gasteiger charge is 2.29. The van der Waals surface area contributed by atoms with Crippen molar-refractivity contribution in [2.75, 3.05) is 31.5 Å². The molecule has 0 fully saturated rings. The molecule has 1 aliphatic rings. The quantitative estimate of drug-likeness (QED) is 0.525. The fourth-order valence-corrected chi connectivity index (χ4v) is 4.38. The molecule has 2 heterocycles. The molecule has 0 atom stereocenters. The Hall–Kier alpha value is -2.62. The summed E-state index contributed by atoms with van der Waals surface area (Å²) >= 11 is 13.6. The van der Waals surface area contributed by atoms with Crippen LogP contribution < -0.4 is 19.2 Å². The molecule has 0 radical (unpaired) electrons. The van der Waals surface area contributed by atoms with Gasteiger partial charge in [0.2, 0.25) is 5.16 Å². The van der Waals surface area contributed by atoms with Crippen LogP contribution in [0, 0.1) is 0 Å². The first-order valence-electron chi connectivity index (χ1n) is 9.20. The number of rotatable bonds is 6. The lowest BCUT2D eigenvalue weighted by Gasteiger charge is -2.29. The number of carbonyl (C=O) groups is 1. The largest absolute Gasteiger partial charge is 0.497 e. The predicted octanol–water partition coefficient (Wildman–Crippen LogP) is 4.07. The average Bonchev–Trinajstić information content (AvgIpc) is 3.21. The first-order chi connectivity index (χ1) is 15.0. The molecule has 1 amide bonds. The van der Waals surface area contributed by atoms with Gasteiger partial charge in [-0.15, -0.1) is 10.2 Å². The summed E-state index contributed by atoms with van der Waals surface area (Å²) in [6.45, 7) is 0.545. The summed E-state index contributed by atoms with van der Waals surface area (Å²) in [4.78, 5) is 13.4. The van der Waals surface area contributed by atoms with Crippen LogP contribution in [0.5, 0.6) is 17.2 Å². The van der Waals surface area contributed by atoms with Gasteiger partial charge >= 0.3 is 0 Å². The van der Waals surface area contributed by atoms with Gasteiger partial charge in [0.05, 0.1) is 25.8 Å². The second-order valence-electron chi connectivity index (χ2n) is 6.45. The third kappa shape index (κ3) is 4.53. The minimum atomic E-state index is -0.232. The zero-order chi connectivity index (χ0) is 22.0. The van der Waals surface area contributed by atoms with Crippen LogP contribution in [0.3, 0.4) is 0 Å². The summed E-state index contributed by atoms with van der Waals surface area (Å²) in [5, 5.41) is 11.5. The Morgan fingerprint density at radius 1 is 1.10 bits per heavy atom. The van der Waals surface area contributed by atoms with Gasteiger partial charge in [0.15, 0.2) is 5.82 Å². The molecule has 31 heavy (non-hydrogen) atoms. The highest BCUT2D eigenvalue weighted by Crippen LogP contribution is 2.30. The SMILES string of the molecule is COc1cc(OC)cc(C(=O)N2CCSc3nnc(COc4ccc(Cl)cc4Cl)n32)c1. The van der Waals surface area contributed by atoms with Crippen molar-refractivity contribution in [3.8, 4) is 17.2 Å². The van der Waals surface area contributed by atoms with Crippen LogP contribution in [-0.2, 0) is 6.61 Å². The summed E-state index contributed by atoms with van der Waals surface area (Å²) in [5.41, 5.74) is 0.426. The molecular formula is C20H18Cl2N4O4S. The molecule has 0 aliphatic carbocycles. The summed E-state index contributed by atoms with van der Waals surface area (Å²) in [5.74, 6) is 2.44. The normalized spacial score (nSPS) is 13.0. The molecule has 0 saturated heterocycles. The number of halogens is 2. The van der Waals surface area contributed by atoms with Gasteiger partial charge in [0.1, 0.15) is 23.9 Å². The van der Waals surface area contributed by atoms with Crippen molar-refractivity contribution in [3.63, 3.8) is 0 Å². The lowest BCUT2D eigenvalue weighted by Crippen LogP contribution is -2.45. The van der Waals surface area contributed by atoms with E-state index in [4.69, 9.17) is 37.4 Å². The van der Waals surface area contributed by atoms with E-state index in [0.29, 0.717) is 56.1 Å². The molecule has 8 nitrogen and oxygen atoms in total. The predicted molar refractivity (Wildman–Crippen MR) is 119 cm³/mol. The van der Waals surface area contributed by atoms with E-state index in [-0.39, 0.29) is 12.5 Å². The van der Waals surface area contributed by atoms with E-state index in [9.17, 15) is 4.79 Å². The van der Waals surface area contributed by atoms with E-state index < -0.39 is 0 Å². The number of thioether (sulfide) groups is 1. The standard InChI is InChI=1S/C20H18Cl2N4O4S/c1-28-14-7-12(8-15(10-14)29-2)19(27)25-5-6-31-20-24-23-18(26(20)25)11-30-17-4-3-13(21)9-16(17)22/h3-4,7-10H,5-6,11H2,1-2H3. The zero-order valence-electron chi connectivity index (χ0n) is 16.7. The molecular weight excluding hydrogens is 463 g/mol. The van der Waals surface area contributed by atoms with Crippen molar-refractivity contribution in [3.05, 3.63) is 57.8 Å². The van der Waals surface area contributed by atoms with Crippen molar-refractivity contribution in [1.82, 2.24) is 14.9 Å². The van der Waals surface area contributed by atoms with Crippen LogP contribution in [0.25, 0.3) is 0 Å². The first-order valence-corrected chi connectivity index (χ1v) is 10.9. The maximum Gasteiger partial charge on any atom is 0.273 e. The smallest absolute Gasteiger partial charge is 0.273 e. The van der Waals surface area contributed by atoms with Crippen LogP contribution in [0.15, 0.2) is 41.6 Å². The summed E-state index contributed by atoms with van der Waals surface area (Å²) in [6, 6.07) is 10.0. The highest BCUT2D eigenvalue weighted by atomic mass is 35.5. The van der Waals surface area contributed by atoms with Gasteiger partial charge in [0.25, 0.3) is 5.91 Å². The Morgan fingerprint density at radius 3 is 2.52 bits per heavy atom. The van der Waals surface area contributed by atoms with Gasteiger partial charge in [-0.2, -0.15) is 0 Å². The Kier molecular flexibility index (Phi) is 6.45. The van der Waals surface area contributed by atoms with Gasteiger partial charge < -0.3 is 14.2 Å². The third-order valence-corrected chi connectivity index (χ3v) is 5.97. The van der Waals surface area contributed by atoms with Gasteiger partial charge in [-0.05, 0) is 30.3 Å². The van der Waals surface area contributed by atoms with E-state index in [1.54, 1.807) is 46.1 Å². The molecule has 0 saturated carbocycles. The maximum atomic E-state index is 13.4. The number of carbonyl (C=O) groups excluding carboxylic acids is 1. The Bertz CT molecular complexity index is 1100. The molecule has 2 aromatic carbocycles. The third-order valence-electron chi connectivity index (χ3n) is 4.54. The monoisotopic (exact) mass is 480 g/mol. The molecule has 0 bridgehead atoms. The summed E-state index contributed by atoms with van der Waals surface area (Å²) < 4.78 is 18.1. The fourth-order valence-electron chi connectivity index (χ4n) is 3.05. The number of hydrogen-bond acceptors (Lipinski definition) is 7. The zero-order valence-corrected chi connectivity index (χ0v) is 19.0. The van der Waals surface area contributed by atoms with Crippen LogP contribution in [0.2, 0.25) is 10.0 Å². The number of hydrogen-bond donors (Lipinski definition) is 0. The Balaban J connectivity index is 1.62. The Morgan fingerprint density at radius 2 is 1.84 bits per heavy atom. The number of nitrogens with zero attached hydrogens (tertiary/aromatic N) is 4. The highest BCUT2D eigenvalue weighted by molar-refractivity contribution is 7.99. The fraction of sp³-hybridized carbons (Fsp3) is 0.250. The van der Waals surface area contributed by atoms with Gasteiger partial charge in [-0.1, -0.05) is 35.0 Å². The minimum absolute atomic E-state index is 0.0696. The van der Waals surface area contributed by atoms with Crippen molar-refractivity contribution in [2.24, 2.45) is 0 Å². The van der Waals surface area contributed by atoms with E-state index in [2.05, 4.69) is 10.2 Å². The van der Waals surface area contributed by atoms with E-state index in [1.165, 1.54) is 26.0 Å². The van der Waals surface area contributed by atoms with Crippen molar-refractivity contribution in [1.29, 1.82) is 0 Å². The summed E-state index contributed by atoms with van der Waals surface area (Å²) in [6.07, 6.45) is 0.